The lowest BCUT2D eigenvalue weighted by Gasteiger charge is -2.33. The number of nitrogens with one attached hydrogen (secondary N) is 1. The molecule has 1 unspecified atom stereocenters. The van der Waals surface area contributed by atoms with E-state index in [-0.39, 0.29) is 11.9 Å². The van der Waals surface area contributed by atoms with Gasteiger partial charge in [-0.25, -0.2) is 4.98 Å². The third-order valence-electron chi connectivity index (χ3n) is 6.76. The number of aromatic hydroxyl groups is 1. The van der Waals surface area contributed by atoms with Gasteiger partial charge in [0, 0.05) is 51.3 Å². The molecule has 3 aliphatic rings. The van der Waals surface area contributed by atoms with Crippen molar-refractivity contribution >= 4 is 28.5 Å². The molecule has 0 spiro atoms. The standard InChI is InChI=1S/C23H29N5O3S/c1-27-14-17(5-6-20(27)30)24-22-21-19(9-12-32(21)31)25-23(26-22)28-10-7-15(8-11-28)16-3-2-4-18(29)13-16/h2-4,13,15,17,29H,5-12,14H2,1H3,(H,24,25,26)/t17-,32?/m0/s1. The van der Waals surface area contributed by atoms with Crippen LogP contribution in [0.25, 0.3) is 0 Å². The summed E-state index contributed by atoms with van der Waals surface area (Å²) >= 11 is 0. The van der Waals surface area contributed by atoms with Gasteiger partial charge in [0.05, 0.1) is 16.5 Å². The number of aromatic nitrogens is 2. The number of likely N-dealkylation sites (tertiary alicyclic amines) is 1. The molecule has 1 amide bonds. The van der Waals surface area contributed by atoms with E-state index in [1.807, 2.05) is 19.2 Å². The fraction of sp³-hybridized carbons (Fsp3) is 0.522. The van der Waals surface area contributed by atoms with Crippen molar-refractivity contribution in [1.82, 2.24) is 14.9 Å². The lowest BCUT2D eigenvalue weighted by molar-refractivity contribution is -0.132. The predicted octanol–water partition coefficient (Wildman–Crippen LogP) is 2.26. The van der Waals surface area contributed by atoms with E-state index in [1.54, 1.807) is 11.0 Å². The molecule has 2 aromatic rings. The fourth-order valence-electron chi connectivity index (χ4n) is 4.94. The Kier molecular flexibility index (Phi) is 5.75. The number of carbonyl (C=O) groups is 1. The van der Waals surface area contributed by atoms with Crippen molar-refractivity contribution in [2.75, 3.05) is 42.7 Å². The molecule has 2 N–H and O–H groups in total. The molecule has 2 saturated heterocycles. The highest BCUT2D eigenvalue weighted by molar-refractivity contribution is 7.85. The van der Waals surface area contributed by atoms with E-state index in [2.05, 4.69) is 16.3 Å². The second kappa shape index (κ2) is 8.69. The van der Waals surface area contributed by atoms with Crippen LogP contribution in [0.1, 0.15) is 42.9 Å². The number of aryl methyl sites for hydroxylation is 1. The molecule has 2 atom stereocenters. The van der Waals surface area contributed by atoms with Crippen molar-refractivity contribution in [3.05, 3.63) is 35.5 Å². The molecule has 0 aliphatic carbocycles. The monoisotopic (exact) mass is 455 g/mol. The maximum absolute atomic E-state index is 12.7. The first-order valence-corrected chi connectivity index (χ1v) is 12.6. The number of anilines is 2. The summed E-state index contributed by atoms with van der Waals surface area (Å²) in [4.78, 5) is 26.2. The van der Waals surface area contributed by atoms with Gasteiger partial charge in [-0.1, -0.05) is 12.1 Å². The Morgan fingerprint density at radius 2 is 1.97 bits per heavy atom. The number of carbonyl (C=O) groups excluding carboxylic acids is 1. The Balaban J connectivity index is 1.34. The molecule has 3 aliphatic heterocycles. The quantitative estimate of drug-likeness (QED) is 0.730. The first-order valence-electron chi connectivity index (χ1n) is 11.3. The second-order valence-corrected chi connectivity index (χ2v) is 10.5. The Morgan fingerprint density at radius 1 is 1.16 bits per heavy atom. The summed E-state index contributed by atoms with van der Waals surface area (Å²) in [5, 5.41) is 13.3. The molecule has 8 nitrogen and oxygen atoms in total. The fourth-order valence-corrected chi connectivity index (χ4v) is 6.25. The summed E-state index contributed by atoms with van der Waals surface area (Å²) in [6.07, 6.45) is 3.90. The van der Waals surface area contributed by atoms with Gasteiger partial charge in [-0.05, 0) is 42.9 Å². The highest BCUT2D eigenvalue weighted by Gasteiger charge is 2.31. The zero-order valence-electron chi connectivity index (χ0n) is 18.3. The van der Waals surface area contributed by atoms with E-state index in [4.69, 9.17) is 9.97 Å². The topological polar surface area (TPSA) is 98.7 Å². The number of nitrogens with zero attached hydrogens (tertiary/aromatic N) is 4. The summed E-state index contributed by atoms with van der Waals surface area (Å²) in [6.45, 7) is 2.29. The second-order valence-electron chi connectivity index (χ2n) is 8.96. The number of hydrogen-bond acceptors (Lipinski definition) is 7. The number of phenols is 1. The average Bonchev–Trinajstić information content (AvgIpc) is 3.17. The van der Waals surface area contributed by atoms with Gasteiger partial charge >= 0.3 is 0 Å². The molecule has 0 bridgehead atoms. The zero-order valence-corrected chi connectivity index (χ0v) is 19.1. The maximum Gasteiger partial charge on any atom is 0.227 e. The Morgan fingerprint density at radius 3 is 2.72 bits per heavy atom. The summed E-state index contributed by atoms with van der Waals surface area (Å²) in [5.41, 5.74) is 2.06. The van der Waals surface area contributed by atoms with Gasteiger partial charge < -0.3 is 20.2 Å². The van der Waals surface area contributed by atoms with Crippen molar-refractivity contribution in [2.45, 2.75) is 49.0 Å². The highest BCUT2D eigenvalue weighted by Crippen LogP contribution is 2.34. The van der Waals surface area contributed by atoms with E-state index in [9.17, 15) is 14.1 Å². The summed E-state index contributed by atoms with van der Waals surface area (Å²) in [5.74, 6) is 2.84. The molecule has 0 radical (unpaired) electrons. The van der Waals surface area contributed by atoms with Crippen molar-refractivity contribution < 1.29 is 14.1 Å². The molecule has 9 heteroatoms. The summed E-state index contributed by atoms with van der Waals surface area (Å²) in [6, 6.07) is 7.63. The maximum atomic E-state index is 12.7. The van der Waals surface area contributed by atoms with Crippen molar-refractivity contribution in [2.24, 2.45) is 0 Å². The minimum absolute atomic E-state index is 0.0960. The van der Waals surface area contributed by atoms with Crippen LogP contribution in [0.2, 0.25) is 0 Å². The number of rotatable bonds is 4. The molecular formula is C23H29N5O3S. The molecule has 1 aromatic carbocycles. The van der Waals surface area contributed by atoms with Crippen LogP contribution in [0.5, 0.6) is 5.75 Å². The average molecular weight is 456 g/mol. The molecule has 5 rings (SSSR count). The predicted molar refractivity (Wildman–Crippen MR) is 124 cm³/mol. The molecule has 2 fully saturated rings. The third-order valence-corrected chi connectivity index (χ3v) is 8.22. The first kappa shape index (κ1) is 21.2. The molecule has 4 heterocycles. The lowest BCUT2D eigenvalue weighted by Crippen LogP contribution is -2.43. The van der Waals surface area contributed by atoms with Crippen LogP contribution in [0.3, 0.4) is 0 Å². The number of benzene rings is 1. The third kappa shape index (κ3) is 4.18. The van der Waals surface area contributed by atoms with E-state index in [0.717, 1.165) is 42.9 Å². The van der Waals surface area contributed by atoms with Crippen LogP contribution < -0.4 is 10.2 Å². The number of fused-ring (bicyclic) bond motifs is 1. The molecule has 0 saturated carbocycles. The largest absolute Gasteiger partial charge is 0.508 e. The van der Waals surface area contributed by atoms with E-state index in [0.29, 0.717) is 48.6 Å². The van der Waals surface area contributed by atoms with Crippen LogP contribution in [0, 0.1) is 0 Å². The van der Waals surface area contributed by atoms with E-state index >= 15 is 0 Å². The normalized spacial score (nSPS) is 24.0. The molecule has 1 aromatic heterocycles. The van der Waals surface area contributed by atoms with Crippen molar-refractivity contribution in [1.29, 1.82) is 0 Å². The number of likely N-dealkylation sites (N-methyl/N-ethyl adjacent to an activating group) is 1. The molecular weight excluding hydrogens is 426 g/mol. The van der Waals surface area contributed by atoms with Gasteiger partial charge in [-0.15, -0.1) is 0 Å². The summed E-state index contributed by atoms with van der Waals surface area (Å²) in [7, 11) is 0.734. The van der Waals surface area contributed by atoms with Gasteiger partial charge in [0.1, 0.15) is 16.5 Å². The van der Waals surface area contributed by atoms with Gasteiger partial charge in [0.15, 0.2) is 0 Å². The van der Waals surface area contributed by atoms with Crippen LogP contribution in [0.4, 0.5) is 11.8 Å². The zero-order chi connectivity index (χ0) is 22.2. The lowest BCUT2D eigenvalue weighted by atomic mass is 9.89. The van der Waals surface area contributed by atoms with Gasteiger partial charge in [0.2, 0.25) is 11.9 Å². The Bertz CT molecular complexity index is 1050. The highest BCUT2D eigenvalue weighted by atomic mass is 32.2. The van der Waals surface area contributed by atoms with Crippen LogP contribution >= 0.6 is 0 Å². The minimum Gasteiger partial charge on any atom is -0.508 e. The number of hydrogen-bond donors (Lipinski definition) is 2. The Labute approximate surface area is 190 Å². The van der Waals surface area contributed by atoms with Crippen LogP contribution in [-0.4, -0.2) is 68.6 Å². The van der Waals surface area contributed by atoms with Gasteiger partial charge in [-0.3, -0.25) is 9.00 Å². The molecule has 32 heavy (non-hydrogen) atoms. The summed E-state index contributed by atoms with van der Waals surface area (Å²) < 4.78 is 12.7. The van der Waals surface area contributed by atoms with Crippen molar-refractivity contribution in [3.63, 3.8) is 0 Å². The number of piperidine rings is 2. The van der Waals surface area contributed by atoms with Crippen molar-refractivity contribution in [3.8, 4) is 5.75 Å². The number of amides is 1. The number of phenolic OH excluding ortho intramolecular Hbond substituents is 1. The SMILES string of the molecule is CN1C[C@@H](Nc2nc(N3CCC(c4cccc(O)c4)CC3)nc3c2S(=O)CC3)CCC1=O. The first-order chi connectivity index (χ1) is 15.5. The Hall–Kier alpha value is -2.68. The van der Waals surface area contributed by atoms with Gasteiger partial charge in [0.25, 0.3) is 0 Å². The molecule has 170 valence electrons. The van der Waals surface area contributed by atoms with Gasteiger partial charge in [-0.2, -0.15) is 4.98 Å². The van der Waals surface area contributed by atoms with E-state index < -0.39 is 10.8 Å². The smallest absolute Gasteiger partial charge is 0.227 e. The van der Waals surface area contributed by atoms with E-state index in [1.165, 1.54) is 5.56 Å². The van der Waals surface area contributed by atoms with Crippen LogP contribution in [-0.2, 0) is 22.0 Å². The minimum atomic E-state index is -1.09. The van der Waals surface area contributed by atoms with Crippen LogP contribution in [0.15, 0.2) is 29.2 Å².